The number of benzene rings is 3. The molecular formula is C25H27NO2. The number of nitrogens with one attached hydrogen (secondary N) is 1. The summed E-state index contributed by atoms with van der Waals surface area (Å²) in [5.74, 6) is 0.932. The minimum absolute atomic E-state index is 0.0531. The van der Waals surface area contributed by atoms with Gasteiger partial charge in [0.25, 0.3) is 0 Å². The highest BCUT2D eigenvalue weighted by Gasteiger charge is 2.30. The van der Waals surface area contributed by atoms with Crippen molar-refractivity contribution < 1.29 is 9.84 Å². The van der Waals surface area contributed by atoms with Crippen LogP contribution in [-0.2, 0) is 19.6 Å². The molecule has 0 aliphatic heterocycles. The van der Waals surface area contributed by atoms with E-state index in [0.29, 0.717) is 6.61 Å². The van der Waals surface area contributed by atoms with Crippen molar-refractivity contribution >= 4 is 0 Å². The van der Waals surface area contributed by atoms with Gasteiger partial charge >= 0.3 is 0 Å². The van der Waals surface area contributed by atoms with Gasteiger partial charge in [-0.3, -0.25) is 0 Å². The number of aryl methyl sites for hydroxylation is 1. The standard InChI is InChI=1S/C25H27NO2/c1-18-12-13-21-22(25(18)28-17-20-10-6-3-7-11-20)14-15-23(24(21)27)26-16-19-8-4-2-5-9-19/h2-13,23-24,26-27H,14-17H2,1H3/t23-,24-/m1/s1. The van der Waals surface area contributed by atoms with E-state index in [1.807, 2.05) is 36.4 Å². The van der Waals surface area contributed by atoms with Gasteiger partial charge in [0.2, 0.25) is 0 Å². The monoisotopic (exact) mass is 373 g/mol. The highest BCUT2D eigenvalue weighted by molar-refractivity contribution is 5.48. The number of ether oxygens (including phenoxy) is 1. The van der Waals surface area contributed by atoms with Crippen molar-refractivity contribution in [1.29, 1.82) is 0 Å². The van der Waals surface area contributed by atoms with Crippen molar-refractivity contribution in [3.05, 3.63) is 101 Å². The molecule has 0 radical (unpaired) electrons. The van der Waals surface area contributed by atoms with Gasteiger partial charge in [0.05, 0.1) is 6.10 Å². The van der Waals surface area contributed by atoms with Gasteiger partial charge in [-0.25, -0.2) is 0 Å². The van der Waals surface area contributed by atoms with E-state index in [1.165, 1.54) is 5.56 Å². The van der Waals surface area contributed by atoms with Crippen molar-refractivity contribution in [2.75, 3.05) is 0 Å². The Kier molecular flexibility index (Phi) is 5.75. The number of rotatable bonds is 6. The van der Waals surface area contributed by atoms with Crippen molar-refractivity contribution in [3.63, 3.8) is 0 Å². The number of aliphatic hydroxyl groups excluding tert-OH is 1. The van der Waals surface area contributed by atoms with Crippen LogP contribution in [0.3, 0.4) is 0 Å². The van der Waals surface area contributed by atoms with Crippen LogP contribution in [0, 0.1) is 6.92 Å². The molecule has 0 heterocycles. The lowest BCUT2D eigenvalue weighted by atomic mass is 9.84. The third-order valence-corrected chi connectivity index (χ3v) is 5.54. The van der Waals surface area contributed by atoms with Gasteiger partial charge < -0.3 is 15.2 Å². The molecule has 0 bridgehead atoms. The molecular weight excluding hydrogens is 346 g/mol. The molecule has 0 saturated heterocycles. The second kappa shape index (κ2) is 8.59. The first-order valence-corrected chi connectivity index (χ1v) is 9.97. The summed E-state index contributed by atoms with van der Waals surface area (Å²) in [6.07, 6.45) is 1.28. The Morgan fingerprint density at radius 2 is 1.61 bits per heavy atom. The molecule has 3 heteroatoms. The van der Waals surface area contributed by atoms with Crippen LogP contribution in [-0.4, -0.2) is 11.1 Å². The van der Waals surface area contributed by atoms with Gasteiger partial charge in [0.15, 0.2) is 0 Å². The maximum absolute atomic E-state index is 11.0. The van der Waals surface area contributed by atoms with Gasteiger partial charge in [-0.2, -0.15) is 0 Å². The van der Waals surface area contributed by atoms with E-state index in [4.69, 9.17) is 4.74 Å². The third kappa shape index (κ3) is 4.11. The SMILES string of the molecule is Cc1ccc2c(c1OCc1ccccc1)CC[C@@H](NCc1ccccc1)[C@@H]2O. The van der Waals surface area contributed by atoms with E-state index in [9.17, 15) is 5.11 Å². The fraction of sp³-hybridized carbons (Fsp3) is 0.280. The molecule has 0 saturated carbocycles. The lowest BCUT2D eigenvalue weighted by molar-refractivity contribution is 0.113. The summed E-state index contributed by atoms with van der Waals surface area (Å²) in [6.45, 7) is 3.39. The van der Waals surface area contributed by atoms with Crippen LogP contribution < -0.4 is 10.1 Å². The summed E-state index contributed by atoms with van der Waals surface area (Å²) >= 11 is 0. The van der Waals surface area contributed by atoms with Gasteiger partial charge in [0.1, 0.15) is 12.4 Å². The quantitative estimate of drug-likeness (QED) is 0.657. The van der Waals surface area contributed by atoms with E-state index in [1.54, 1.807) is 0 Å². The van der Waals surface area contributed by atoms with E-state index < -0.39 is 6.10 Å². The Hall–Kier alpha value is -2.62. The minimum Gasteiger partial charge on any atom is -0.488 e. The summed E-state index contributed by atoms with van der Waals surface area (Å²) in [4.78, 5) is 0. The molecule has 1 aliphatic carbocycles. The minimum atomic E-state index is -0.521. The van der Waals surface area contributed by atoms with Crippen LogP contribution in [0.2, 0.25) is 0 Å². The molecule has 3 aromatic carbocycles. The summed E-state index contributed by atoms with van der Waals surface area (Å²) in [5, 5.41) is 14.5. The Morgan fingerprint density at radius 3 is 2.32 bits per heavy atom. The zero-order valence-corrected chi connectivity index (χ0v) is 16.3. The summed E-state index contributed by atoms with van der Waals surface area (Å²) in [6, 6.07) is 24.7. The van der Waals surface area contributed by atoms with Gasteiger partial charge in [-0.1, -0.05) is 72.8 Å². The molecule has 28 heavy (non-hydrogen) atoms. The first kappa shape index (κ1) is 18.7. The summed E-state index contributed by atoms with van der Waals surface area (Å²) < 4.78 is 6.20. The fourth-order valence-corrected chi connectivity index (χ4v) is 3.96. The van der Waals surface area contributed by atoms with Crippen molar-refractivity contribution in [2.45, 2.75) is 45.1 Å². The number of fused-ring (bicyclic) bond motifs is 1. The molecule has 0 aromatic heterocycles. The molecule has 2 atom stereocenters. The molecule has 144 valence electrons. The van der Waals surface area contributed by atoms with Crippen LogP contribution in [0.1, 0.15) is 40.3 Å². The second-order valence-electron chi connectivity index (χ2n) is 7.51. The zero-order chi connectivity index (χ0) is 19.3. The maximum Gasteiger partial charge on any atom is 0.126 e. The molecule has 0 fully saturated rings. The second-order valence-corrected chi connectivity index (χ2v) is 7.51. The maximum atomic E-state index is 11.0. The summed E-state index contributed by atoms with van der Waals surface area (Å²) in [5.41, 5.74) is 5.65. The molecule has 0 amide bonds. The Labute approximate surface area is 167 Å². The highest BCUT2D eigenvalue weighted by atomic mass is 16.5. The highest BCUT2D eigenvalue weighted by Crippen LogP contribution is 2.38. The fourth-order valence-electron chi connectivity index (χ4n) is 3.96. The number of hydrogen-bond donors (Lipinski definition) is 2. The number of hydrogen-bond acceptors (Lipinski definition) is 3. The normalized spacial score (nSPS) is 18.5. The molecule has 0 unspecified atom stereocenters. The van der Waals surface area contributed by atoms with E-state index >= 15 is 0 Å². The van der Waals surface area contributed by atoms with Gasteiger partial charge in [-0.05, 0) is 42.0 Å². The van der Waals surface area contributed by atoms with Crippen LogP contribution in [0.5, 0.6) is 5.75 Å². The molecule has 4 rings (SSSR count). The average Bonchev–Trinajstić information content (AvgIpc) is 2.74. The Bertz CT molecular complexity index is 909. The van der Waals surface area contributed by atoms with E-state index in [2.05, 4.69) is 48.6 Å². The first-order valence-electron chi connectivity index (χ1n) is 9.97. The average molecular weight is 373 g/mol. The van der Waals surface area contributed by atoms with Gasteiger partial charge in [0, 0.05) is 18.2 Å². The predicted molar refractivity (Wildman–Crippen MR) is 112 cm³/mol. The lowest BCUT2D eigenvalue weighted by Gasteiger charge is -2.32. The van der Waals surface area contributed by atoms with Crippen LogP contribution >= 0.6 is 0 Å². The van der Waals surface area contributed by atoms with Gasteiger partial charge in [-0.15, -0.1) is 0 Å². The largest absolute Gasteiger partial charge is 0.488 e. The molecule has 0 spiro atoms. The van der Waals surface area contributed by atoms with Crippen LogP contribution in [0.25, 0.3) is 0 Å². The lowest BCUT2D eigenvalue weighted by Crippen LogP contribution is -2.38. The van der Waals surface area contributed by atoms with Crippen LogP contribution in [0.15, 0.2) is 72.8 Å². The topological polar surface area (TPSA) is 41.5 Å². The molecule has 1 aliphatic rings. The predicted octanol–water partition coefficient (Wildman–Crippen LogP) is 4.71. The Morgan fingerprint density at radius 1 is 0.929 bits per heavy atom. The molecule has 3 nitrogen and oxygen atoms in total. The van der Waals surface area contributed by atoms with E-state index in [-0.39, 0.29) is 6.04 Å². The van der Waals surface area contributed by atoms with Crippen molar-refractivity contribution in [2.24, 2.45) is 0 Å². The third-order valence-electron chi connectivity index (χ3n) is 5.54. The first-order chi connectivity index (χ1) is 13.7. The Balaban J connectivity index is 1.48. The van der Waals surface area contributed by atoms with E-state index in [0.717, 1.165) is 47.4 Å². The van der Waals surface area contributed by atoms with Crippen LogP contribution in [0.4, 0.5) is 0 Å². The van der Waals surface area contributed by atoms with Crippen molar-refractivity contribution in [3.8, 4) is 5.75 Å². The molecule has 3 aromatic rings. The zero-order valence-electron chi connectivity index (χ0n) is 16.3. The van der Waals surface area contributed by atoms with Crippen molar-refractivity contribution in [1.82, 2.24) is 5.32 Å². The summed E-state index contributed by atoms with van der Waals surface area (Å²) in [7, 11) is 0. The number of aliphatic hydroxyl groups is 1. The smallest absolute Gasteiger partial charge is 0.126 e. The molecule has 2 N–H and O–H groups in total.